The Morgan fingerprint density at radius 1 is 0.805 bits per heavy atom. The van der Waals surface area contributed by atoms with Gasteiger partial charge in [0.1, 0.15) is 5.82 Å². The van der Waals surface area contributed by atoms with Gasteiger partial charge in [-0.15, -0.1) is 0 Å². The smallest absolute Gasteiger partial charge is 0.245 e. The van der Waals surface area contributed by atoms with Crippen molar-refractivity contribution in [3.63, 3.8) is 0 Å². The SMILES string of the molecule is CCN(CC(=O)Nc1cc(-c2ccccc2)nn1-c1ccc(Cl)c(Cl)c1)C(=O)C(c1ccccc1)c1ccccc1. The van der Waals surface area contributed by atoms with Gasteiger partial charge in [0.2, 0.25) is 11.8 Å². The number of amides is 2. The number of halogens is 2. The van der Waals surface area contributed by atoms with E-state index in [0.717, 1.165) is 16.7 Å². The standard InChI is InChI=1S/C33H28Cl2N4O2/c1-2-38(33(41)32(24-14-8-4-9-15-24)25-16-10-5-11-17-25)22-31(40)36-30-21-29(23-12-6-3-7-13-23)37-39(30)26-18-19-27(34)28(35)20-26/h3-21,32H,2,22H2,1H3,(H,36,40). The molecule has 8 heteroatoms. The highest BCUT2D eigenvalue weighted by atomic mass is 35.5. The Bertz CT molecular complexity index is 1600. The molecule has 0 aliphatic carbocycles. The van der Waals surface area contributed by atoms with Gasteiger partial charge in [-0.3, -0.25) is 9.59 Å². The summed E-state index contributed by atoms with van der Waals surface area (Å²) in [6, 6.07) is 35.8. The van der Waals surface area contributed by atoms with Crippen molar-refractivity contribution >= 4 is 40.8 Å². The molecule has 0 aliphatic heterocycles. The van der Waals surface area contributed by atoms with Gasteiger partial charge in [-0.1, -0.05) is 114 Å². The molecule has 0 fully saturated rings. The maximum Gasteiger partial charge on any atom is 0.245 e. The summed E-state index contributed by atoms with van der Waals surface area (Å²) in [5.74, 6) is -0.584. The van der Waals surface area contributed by atoms with Crippen molar-refractivity contribution in [2.75, 3.05) is 18.4 Å². The van der Waals surface area contributed by atoms with Crippen molar-refractivity contribution in [3.8, 4) is 16.9 Å². The Balaban J connectivity index is 1.43. The molecule has 1 aromatic heterocycles. The number of hydrogen-bond donors (Lipinski definition) is 1. The summed E-state index contributed by atoms with van der Waals surface area (Å²) in [5, 5.41) is 8.49. The number of benzene rings is 4. The zero-order valence-corrected chi connectivity index (χ0v) is 23.9. The minimum atomic E-state index is -0.531. The molecule has 1 heterocycles. The van der Waals surface area contributed by atoms with Crippen LogP contribution in [0.15, 0.2) is 115 Å². The number of hydrogen-bond acceptors (Lipinski definition) is 3. The Morgan fingerprint density at radius 2 is 1.39 bits per heavy atom. The Morgan fingerprint density at radius 3 is 1.95 bits per heavy atom. The fourth-order valence-electron chi connectivity index (χ4n) is 4.69. The number of carbonyl (C=O) groups is 2. The number of rotatable bonds is 9. The number of aromatic nitrogens is 2. The first kappa shape index (κ1) is 28.1. The van der Waals surface area contributed by atoms with Gasteiger partial charge < -0.3 is 10.2 Å². The quantitative estimate of drug-likeness (QED) is 0.196. The normalized spacial score (nSPS) is 10.9. The molecule has 2 amide bonds. The number of carbonyl (C=O) groups excluding carboxylic acids is 2. The topological polar surface area (TPSA) is 67.2 Å². The van der Waals surface area contributed by atoms with Crippen LogP contribution >= 0.6 is 23.2 Å². The zero-order chi connectivity index (χ0) is 28.8. The van der Waals surface area contributed by atoms with Crippen LogP contribution in [-0.4, -0.2) is 39.6 Å². The van der Waals surface area contributed by atoms with Gasteiger partial charge in [0, 0.05) is 18.2 Å². The molecule has 0 radical (unpaired) electrons. The van der Waals surface area contributed by atoms with Gasteiger partial charge in [0.05, 0.1) is 33.9 Å². The van der Waals surface area contributed by atoms with E-state index in [9.17, 15) is 9.59 Å². The Kier molecular flexibility index (Phi) is 8.82. The molecule has 5 aromatic rings. The van der Waals surface area contributed by atoms with Gasteiger partial charge in [0.25, 0.3) is 0 Å². The summed E-state index contributed by atoms with van der Waals surface area (Å²) in [7, 11) is 0. The van der Waals surface area contributed by atoms with Gasteiger partial charge in [-0.25, -0.2) is 4.68 Å². The largest absolute Gasteiger partial charge is 0.333 e. The summed E-state index contributed by atoms with van der Waals surface area (Å²) in [6.07, 6.45) is 0. The van der Waals surface area contributed by atoms with Crippen LogP contribution in [-0.2, 0) is 9.59 Å². The molecule has 206 valence electrons. The third-order valence-corrected chi connectivity index (χ3v) is 7.47. The minimum Gasteiger partial charge on any atom is -0.333 e. The van der Waals surface area contributed by atoms with E-state index in [1.165, 1.54) is 0 Å². The molecule has 41 heavy (non-hydrogen) atoms. The van der Waals surface area contributed by atoms with Crippen molar-refractivity contribution in [3.05, 3.63) is 136 Å². The number of likely N-dealkylation sites (N-methyl/N-ethyl adjacent to an activating group) is 1. The third-order valence-electron chi connectivity index (χ3n) is 6.73. The van der Waals surface area contributed by atoms with Crippen LogP contribution in [0.5, 0.6) is 0 Å². The number of anilines is 1. The van der Waals surface area contributed by atoms with Crippen LogP contribution in [0.3, 0.4) is 0 Å². The second-order valence-electron chi connectivity index (χ2n) is 9.45. The fourth-order valence-corrected chi connectivity index (χ4v) is 4.98. The van der Waals surface area contributed by atoms with Crippen molar-refractivity contribution in [2.24, 2.45) is 0 Å². The van der Waals surface area contributed by atoms with Crippen molar-refractivity contribution in [2.45, 2.75) is 12.8 Å². The number of nitrogens with one attached hydrogen (secondary N) is 1. The molecule has 1 N–H and O–H groups in total. The first-order valence-corrected chi connectivity index (χ1v) is 14.0. The summed E-state index contributed by atoms with van der Waals surface area (Å²) < 4.78 is 1.61. The third kappa shape index (κ3) is 6.51. The summed E-state index contributed by atoms with van der Waals surface area (Å²) in [4.78, 5) is 28.9. The van der Waals surface area contributed by atoms with Crippen LogP contribution in [0, 0.1) is 0 Å². The maximum atomic E-state index is 13.9. The zero-order valence-electron chi connectivity index (χ0n) is 22.4. The van der Waals surface area contributed by atoms with E-state index < -0.39 is 5.92 Å². The highest BCUT2D eigenvalue weighted by Crippen LogP contribution is 2.30. The van der Waals surface area contributed by atoms with Crippen molar-refractivity contribution in [1.29, 1.82) is 0 Å². The lowest BCUT2D eigenvalue weighted by atomic mass is 9.90. The predicted molar refractivity (Wildman–Crippen MR) is 165 cm³/mol. The molecule has 5 rings (SSSR count). The molecule has 6 nitrogen and oxygen atoms in total. The van der Waals surface area contributed by atoms with E-state index in [4.69, 9.17) is 28.3 Å². The molecule has 0 saturated carbocycles. The molecule has 0 aliphatic rings. The van der Waals surface area contributed by atoms with Gasteiger partial charge in [-0.05, 0) is 36.2 Å². The molecule has 0 atom stereocenters. The molecule has 0 spiro atoms. The van der Waals surface area contributed by atoms with Crippen LogP contribution in [0.25, 0.3) is 16.9 Å². The van der Waals surface area contributed by atoms with E-state index in [1.807, 2.05) is 97.9 Å². The maximum absolute atomic E-state index is 13.9. The van der Waals surface area contributed by atoms with Crippen LogP contribution < -0.4 is 5.32 Å². The van der Waals surface area contributed by atoms with Crippen LogP contribution in [0.4, 0.5) is 5.82 Å². The van der Waals surface area contributed by atoms with Crippen LogP contribution in [0.1, 0.15) is 24.0 Å². The first-order chi connectivity index (χ1) is 19.9. The van der Waals surface area contributed by atoms with E-state index in [-0.39, 0.29) is 18.4 Å². The molecule has 0 saturated heterocycles. The van der Waals surface area contributed by atoms with Gasteiger partial charge in [0.15, 0.2) is 0 Å². The number of nitrogens with zero attached hydrogens (tertiary/aromatic N) is 3. The second-order valence-corrected chi connectivity index (χ2v) is 10.3. The van der Waals surface area contributed by atoms with E-state index >= 15 is 0 Å². The lowest BCUT2D eigenvalue weighted by molar-refractivity contribution is -0.135. The van der Waals surface area contributed by atoms with Gasteiger partial charge in [-0.2, -0.15) is 5.10 Å². The van der Waals surface area contributed by atoms with Crippen molar-refractivity contribution < 1.29 is 9.59 Å². The molecular formula is C33H28Cl2N4O2. The Labute approximate surface area is 249 Å². The summed E-state index contributed by atoms with van der Waals surface area (Å²) >= 11 is 12.4. The highest BCUT2D eigenvalue weighted by molar-refractivity contribution is 6.42. The average molecular weight is 584 g/mol. The highest BCUT2D eigenvalue weighted by Gasteiger charge is 2.28. The molecular weight excluding hydrogens is 555 g/mol. The minimum absolute atomic E-state index is 0.126. The fraction of sp³-hybridized carbons (Fsp3) is 0.121. The molecule has 0 bridgehead atoms. The monoisotopic (exact) mass is 582 g/mol. The van der Waals surface area contributed by atoms with E-state index in [1.54, 1.807) is 33.8 Å². The van der Waals surface area contributed by atoms with E-state index in [0.29, 0.717) is 33.8 Å². The van der Waals surface area contributed by atoms with Crippen LogP contribution in [0.2, 0.25) is 10.0 Å². The predicted octanol–water partition coefficient (Wildman–Crippen LogP) is 7.47. The molecule has 0 unspecified atom stereocenters. The lowest BCUT2D eigenvalue weighted by Crippen LogP contribution is -2.41. The average Bonchev–Trinajstić information content (AvgIpc) is 3.42. The summed E-state index contributed by atoms with van der Waals surface area (Å²) in [6.45, 7) is 2.11. The lowest BCUT2D eigenvalue weighted by Gasteiger charge is -2.26. The van der Waals surface area contributed by atoms with Gasteiger partial charge >= 0.3 is 0 Å². The van der Waals surface area contributed by atoms with E-state index in [2.05, 4.69) is 5.32 Å². The first-order valence-electron chi connectivity index (χ1n) is 13.2. The second kappa shape index (κ2) is 12.9. The van der Waals surface area contributed by atoms with Crippen molar-refractivity contribution in [1.82, 2.24) is 14.7 Å². The molecule has 4 aromatic carbocycles. The Hall–Kier alpha value is -4.39. The summed E-state index contributed by atoms with van der Waals surface area (Å²) in [5.41, 5.74) is 3.93.